The second kappa shape index (κ2) is 8.42. The molecule has 27 heavy (non-hydrogen) atoms. The van der Waals surface area contributed by atoms with Crippen LogP contribution in [0.5, 0.6) is 0 Å². The maximum absolute atomic E-state index is 12.8. The first kappa shape index (κ1) is 19.2. The van der Waals surface area contributed by atoms with Crippen molar-refractivity contribution in [2.24, 2.45) is 0 Å². The number of methoxy groups -OCH3 is 1. The summed E-state index contributed by atoms with van der Waals surface area (Å²) in [6, 6.07) is 17.2. The Labute approximate surface area is 167 Å². The van der Waals surface area contributed by atoms with Crippen LogP contribution in [0.3, 0.4) is 0 Å². The van der Waals surface area contributed by atoms with Gasteiger partial charge in [0.05, 0.1) is 7.11 Å². The van der Waals surface area contributed by atoms with E-state index in [0.29, 0.717) is 21.2 Å². The number of hydrogen-bond acceptors (Lipinski definition) is 3. The molecule has 6 heteroatoms. The maximum atomic E-state index is 12.8. The van der Waals surface area contributed by atoms with Gasteiger partial charge in [-0.2, -0.15) is 0 Å². The first-order valence-electron chi connectivity index (χ1n) is 8.30. The molecule has 3 rings (SSSR count). The van der Waals surface area contributed by atoms with E-state index in [9.17, 15) is 9.59 Å². The van der Waals surface area contributed by atoms with Crippen molar-refractivity contribution in [2.45, 2.75) is 12.5 Å². The maximum Gasteiger partial charge on any atom is 0.328 e. The fourth-order valence-electron chi connectivity index (χ4n) is 2.90. The van der Waals surface area contributed by atoms with E-state index in [-0.39, 0.29) is 12.3 Å². The van der Waals surface area contributed by atoms with Crippen molar-refractivity contribution in [3.63, 3.8) is 0 Å². The van der Waals surface area contributed by atoms with Crippen LogP contribution < -0.4 is 5.32 Å². The van der Waals surface area contributed by atoms with Crippen molar-refractivity contribution in [1.29, 1.82) is 0 Å². The molecule has 3 aromatic carbocycles. The summed E-state index contributed by atoms with van der Waals surface area (Å²) in [7, 11) is 1.28. The van der Waals surface area contributed by atoms with Gasteiger partial charge in [0.15, 0.2) is 0 Å². The average molecular weight is 402 g/mol. The molecule has 138 valence electrons. The van der Waals surface area contributed by atoms with Gasteiger partial charge in [-0.3, -0.25) is 4.79 Å². The Morgan fingerprint density at radius 1 is 1.04 bits per heavy atom. The Bertz CT molecular complexity index is 998. The van der Waals surface area contributed by atoms with Crippen LogP contribution in [-0.4, -0.2) is 25.0 Å². The molecule has 0 saturated heterocycles. The molecule has 3 aromatic rings. The van der Waals surface area contributed by atoms with E-state index < -0.39 is 12.0 Å². The molecular weight excluding hydrogens is 385 g/mol. The summed E-state index contributed by atoms with van der Waals surface area (Å²) in [4.78, 5) is 25.1. The summed E-state index contributed by atoms with van der Waals surface area (Å²) in [6.07, 6.45) is 0.194. The minimum Gasteiger partial charge on any atom is -0.467 e. The van der Waals surface area contributed by atoms with Crippen LogP contribution in [0, 0.1) is 0 Å². The van der Waals surface area contributed by atoms with E-state index >= 15 is 0 Å². The number of carbonyl (C=O) groups is 2. The number of fused-ring (bicyclic) bond motifs is 1. The third kappa shape index (κ3) is 4.41. The molecule has 0 aromatic heterocycles. The third-order valence-corrected chi connectivity index (χ3v) is 4.85. The molecule has 0 unspecified atom stereocenters. The molecule has 1 amide bonds. The molecule has 0 heterocycles. The lowest BCUT2D eigenvalue weighted by Crippen LogP contribution is -2.43. The van der Waals surface area contributed by atoms with Crippen molar-refractivity contribution >= 4 is 45.9 Å². The minimum absolute atomic E-state index is 0.194. The van der Waals surface area contributed by atoms with Crippen LogP contribution in [-0.2, 0) is 16.0 Å². The van der Waals surface area contributed by atoms with Gasteiger partial charge in [0.1, 0.15) is 6.04 Å². The molecule has 1 N–H and O–H groups in total. The summed E-state index contributed by atoms with van der Waals surface area (Å²) in [6.45, 7) is 0. The highest BCUT2D eigenvalue weighted by Gasteiger charge is 2.24. The molecule has 0 saturated carbocycles. The highest BCUT2D eigenvalue weighted by molar-refractivity contribution is 6.35. The van der Waals surface area contributed by atoms with Gasteiger partial charge < -0.3 is 10.1 Å². The predicted molar refractivity (Wildman–Crippen MR) is 107 cm³/mol. The number of carbonyl (C=O) groups excluding carboxylic acids is 2. The number of ether oxygens (including phenoxy) is 1. The number of esters is 1. The van der Waals surface area contributed by atoms with Gasteiger partial charge in [0, 0.05) is 22.0 Å². The topological polar surface area (TPSA) is 55.4 Å². The second-order valence-corrected chi connectivity index (χ2v) is 6.86. The van der Waals surface area contributed by atoms with E-state index in [4.69, 9.17) is 27.9 Å². The second-order valence-electron chi connectivity index (χ2n) is 6.02. The van der Waals surface area contributed by atoms with Gasteiger partial charge in [-0.15, -0.1) is 0 Å². The zero-order valence-electron chi connectivity index (χ0n) is 14.5. The Morgan fingerprint density at radius 3 is 2.52 bits per heavy atom. The molecule has 0 bridgehead atoms. The number of hydrogen-bond donors (Lipinski definition) is 1. The number of benzene rings is 3. The molecule has 0 fully saturated rings. The standard InChI is InChI=1S/C21H17Cl2NO3/c1-27-21(26)19(11-14-9-10-15(22)12-18(14)23)24-20(25)17-8-4-6-13-5-2-3-7-16(13)17/h2-10,12,19H,11H2,1H3,(H,24,25)/t19-/m1/s1. The predicted octanol–water partition coefficient (Wildman–Crippen LogP) is 4.66. The molecule has 0 radical (unpaired) electrons. The summed E-state index contributed by atoms with van der Waals surface area (Å²) >= 11 is 12.1. The van der Waals surface area contributed by atoms with Gasteiger partial charge >= 0.3 is 5.97 Å². The van der Waals surface area contributed by atoms with Gasteiger partial charge in [0.25, 0.3) is 5.91 Å². The normalized spacial score (nSPS) is 11.8. The molecule has 0 aliphatic carbocycles. The van der Waals surface area contributed by atoms with Crippen LogP contribution in [0.1, 0.15) is 15.9 Å². The van der Waals surface area contributed by atoms with Gasteiger partial charge in [-0.05, 0) is 34.5 Å². The van der Waals surface area contributed by atoms with Crippen molar-refractivity contribution in [1.82, 2.24) is 5.32 Å². The lowest BCUT2D eigenvalue weighted by atomic mass is 10.0. The first-order chi connectivity index (χ1) is 13.0. The quantitative estimate of drug-likeness (QED) is 0.632. The zero-order valence-corrected chi connectivity index (χ0v) is 16.1. The molecule has 1 atom stereocenters. The molecule has 0 spiro atoms. The molecule has 4 nitrogen and oxygen atoms in total. The zero-order chi connectivity index (χ0) is 19.4. The Hall–Kier alpha value is -2.56. The molecular formula is C21H17Cl2NO3. The fourth-order valence-corrected chi connectivity index (χ4v) is 3.39. The van der Waals surface area contributed by atoms with Crippen LogP contribution >= 0.6 is 23.2 Å². The Morgan fingerprint density at radius 2 is 1.78 bits per heavy atom. The van der Waals surface area contributed by atoms with Crippen molar-refractivity contribution in [3.8, 4) is 0 Å². The van der Waals surface area contributed by atoms with Gasteiger partial charge in [-0.1, -0.05) is 65.7 Å². The summed E-state index contributed by atoms with van der Waals surface area (Å²) in [5, 5.41) is 5.44. The van der Waals surface area contributed by atoms with Crippen LogP contribution in [0.2, 0.25) is 10.0 Å². The van der Waals surface area contributed by atoms with Gasteiger partial charge in [0.2, 0.25) is 0 Å². The number of rotatable bonds is 5. The largest absolute Gasteiger partial charge is 0.467 e. The number of nitrogens with one attached hydrogen (secondary N) is 1. The number of halogens is 2. The smallest absolute Gasteiger partial charge is 0.328 e. The minimum atomic E-state index is -0.875. The van der Waals surface area contributed by atoms with Crippen LogP contribution in [0.25, 0.3) is 10.8 Å². The van der Waals surface area contributed by atoms with Crippen molar-refractivity contribution in [3.05, 3.63) is 81.8 Å². The Balaban J connectivity index is 1.88. The fraction of sp³-hybridized carbons (Fsp3) is 0.143. The van der Waals surface area contributed by atoms with Crippen LogP contribution in [0.15, 0.2) is 60.7 Å². The monoisotopic (exact) mass is 401 g/mol. The van der Waals surface area contributed by atoms with E-state index in [0.717, 1.165) is 10.8 Å². The summed E-state index contributed by atoms with van der Waals surface area (Å²) in [5.74, 6) is -0.901. The summed E-state index contributed by atoms with van der Waals surface area (Å²) in [5.41, 5.74) is 1.18. The third-order valence-electron chi connectivity index (χ3n) is 4.26. The Kier molecular flexibility index (Phi) is 5.99. The summed E-state index contributed by atoms with van der Waals surface area (Å²) < 4.78 is 4.85. The first-order valence-corrected chi connectivity index (χ1v) is 9.05. The van der Waals surface area contributed by atoms with Gasteiger partial charge in [-0.25, -0.2) is 4.79 Å². The molecule has 0 aliphatic heterocycles. The van der Waals surface area contributed by atoms with E-state index in [1.807, 2.05) is 30.3 Å². The molecule has 0 aliphatic rings. The van der Waals surface area contributed by atoms with E-state index in [1.165, 1.54) is 7.11 Å². The van der Waals surface area contributed by atoms with E-state index in [1.54, 1.807) is 30.3 Å². The average Bonchev–Trinajstić information content (AvgIpc) is 2.68. The highest BCUT2D eigenvalue weighted by Crippen LogP contribution is 2.23. The number of amides is 1. The highest BCUT2D eigenvalue weighted by atomic mass is 35.5. The lowest BCUT2D eigenvalue weighted by molar-refractivity contribution is -0.142. The van der Waals surface area contributed by atoms with E-state index in [2.05, 4.69) is 5.32 Å². The van der Waals surface area contributed by atoms with Crippen molar-refractivity contribution < 1.29 is 14.3 Å². The lowest BCUT2D eigenvalue weighted by Gasteiger charge is -2.18. The van der Waals surface area contributed by atoms with Crippen molar-refractivity contribution in [2.75, 3.05) is 7.11 Å². The SMILES string of the molecule is COC(=O)[C@@H](Cc1ccc(Cl)cc1Cl)NC(=O)c1cccc2ccccc12. The van der Waals surface area contributed by atoms with Crippen LogP contribution in [0.4, 0.5) is 0 Å².